The molecule has 1 aromatic carbocycles. The highest BCUT2D eigenvalue weighted by atomic mass is 127. The van der Waals surface area contributed by atoms with Crippen molar-refractivity contribution in [3.63, 3.8) is 0 Å². The molecule has 0 saturated carbocycles. The van der Waals surface area contributed by atoms with Gasteiger partial charge in [0.05, 0.1) is 14.7 Å². The van der Waals surface area contributed by atoms with E-state index >= 15 is 0 Å². The summed E-state index contributed by atoms with van der Waals surface area (Å²) in [5.74, 6) is -0.509. The summed E-state index contributed by atoms with van der Waals surface area (Å²) in [6.07, 6.45) is 0. The van der Waals surface area contributed by atoms with Crippen molar-refractivity contribution in [2.45, 2.75) is 6.61 Å². The lowest BCUT2D eigenvalue weighted by molar-refractivity contribution is 0.0464. The number of carbonyl (C=O) groups excluding carboxylic acids is 1. The number of esters is 1. The van der Waals surface area contributed by atoms with Crippen molar-refractivity contribution in [3.05, 3.63) is 55.0 Å². The van der Waals surface area contributed by atoms with Crippen molar-refractivity contribution in [1.29, 1.82) is 0 Å². The Morgan fingerprint density at radius 3 is 2.86 bits per heavy atom. The molecule has 2 heterocycles. The maximum atomic E-state index is 12.1. The Balaban J connectivity index is 1.79. The van der Waals surface area contributed by atoms with Gasteiger partial charge in [-0.1, -0.05) is 24.4 Å². The molecule has 0 aliphatic rings. The molecule has 0 amide bonds. The van der Waals surface area contributed by atoms with Crippen LogP contribution in [0.4, 0.5) is 0 Å². The standard InChI is InChI=1S/C14H9IN2O2S2/c15-9-3-1-8(2-4-9)7-19-14(18)11-12(20)13-10(16-17-11)5-6-21-13/h1-6H,7H2,(H,16,20). The maximum absolute atomic E-state index is 12.1. The predicted molar refractivity (Wildman–Crippen MR) is 93.1 cm³/mol. The molecular formula is C14H9IN2O2S2. The van der Waals surface area contributed by atoms with Crippen LogP contribution in [0.25, 0.3) is 10.2 Å². The minimum absolute atomic E-state index is 0.158. The topological polar surface area (TPSA) is 55.0 Å². The first-order chi connectivity index (χ1) is 10.1. The quantitative estimate of drug-likeness (QED) is 0.384. The SMILES string of the molecule is O=C(OCc1ccc(I)cc1)c1n[nH]c2ccsc2c1=S. The van der Waals surface area contributed by atoms with Gasteiger partial charge >= 0.3 is 5.97 Å². The molecule has 0 spiro atoms. The van der Waals surface area contributed by atoms with Crippen molar-refractivity contribution in [3.8, 4) is 0 Å². The van der Waals surface area contributed by atoms with Crippen LogP contribution in [0.5, 0.6) is 0 Å². The number of ether oxygens (including phenoxy) is 1. The summed E-state index contributed by atoms with van der Waals surface area (Å²) in [7, 11) is 0. The highest BCUT2D eigenvalue weighted by Crippen LogP contribution is 2.21. The largest absolute Gasteiger partial charge is 0.456 e. The van der Waals surface area contributed by atoms with E-state index in [1.807, 2.05) is 35.7 Å². The molecule has 7 heteroatoms. The van der Waals surface area contributed by atoms with E-state index in [0.717, 1.165) is 19.4 Å². The third-order valence-electron chi connectivity index (χ3n) is 2.85. The number of benzene rings is 1. The van der Waals surface area contributed by atoms with Crippen molar-refractivity contribution in [2.24, 2.45) is 0 Å². The number of thiophene rings is 1. The van der Waals surface area contributed by atoms with E-state index < -0.39 is 5.97 Å². The molecule has 0 aliphatic heterocycles. The number of aromatic nitrogens is 2. The molecule has 2 aromatic heterocycles. The molecule has 106 valence electrons. The van der Waals surface area contributed by atoms with Gasteiger partial charge in [0.15, 0.2) is 5.69 Å². The van der Waals surface area contributed by atoms with Gasteiger partial charge in [0.1, 0.15) is 6.61 Å². The summed E-state index contributed by atoms with van der Waals surface area (Å²) in [4.78, 5) is 12.1. The fourth-order valence-electron chi connectivity index (χ4n) is 1.78. The van der Waals surface area contributed by atoms with Gasteiger partial charge in [-0.3, -0.25) is 5.10 Å². The number of nitrogens with zero attached hydrogens (tertiary/aromatic N) is 1. The van der Waals surface area contributed by atoms with Gasteiger partial charge in [-0.15, -0.1) is 11.3 Å². The lowest BCUT2D eigenvalue weighted by atomic mass is 10.2. The second-order valence-corrected chi connectivity index (χ2v) is 6.84. The number of rotatable bonds is 3. The van der Waals surface area contributed by atoms with Crippen molar-refractivity contribution >= 4 is 62.3 Å². The van der Waals surface area contributed by atoms with Crippen LogP contribution >= 0.6 is 46.1 Å². The van der Waals surface area contributed by atoms with E-state index in [0.29, 0.717) is 4.51 Å². The van der Waals surface area contributed by atoms with Gasteiger partial charge in [-0.2, -0.15) is 5.10 Å². The lowest BCUT2D eigenvalue weighted by Crippen LogP contribution is -2.09. The Labute approximate surface area is 143 Å². The van der Waals surface area contributed by atoms with Crippen molar-refractivity contribution in [2.75, 3.05) is 0 Å². The van der Waals surface area contributed by atoms with Crippen LogP contribution in [0, 0.1) is 8.08 Å². The van der Waals surface area contributed by atoms with E-state index in [9.17, 15) is 4.79 Å². The summed E-state index contributed by atoms with van der Waals surface area (Å²) in [6, 6.07) is 9.65. The summed E-state index contributed by atoms with van der Waals surface area (Å²) in [5.41, 5.74) is 1.92. The Morgan fingerprint density at radius 1 is 1.33 bits per heavy atom. The van der Waals surface area contributed by atoms with Gasteiger partial charge in [-0.25, -0.2) is 4.79 Å². The first-order valence-electron chi connectivity index (χ1n) is 6.02. The van der Waals surface area contributed by atoms with Crippen LogP contribution < -0.4 is 0 Å². The van der Waals surface area contributed by atoms with Gasteiger partial charge < -0.3 is 4.74 Å². The predicted octanol–water partition coefficient (Wildman–Crippen LogP) is 4.32. The number of H-pyrrole nitrogens is 1. The summed E-state index contributed by atoms with van der Waals surface area (Å²) < 4.78 is 7.69. The lowest BCUT2D eigenvalue weighted by Gasteiger charge is -2.05. The number of fused-ring (bicyclic) bond motifs is 1. The minimum atomic E-state index is -0.509. The first-order valence-corrected chi connectivity index (χ1v) is 8.39. The van der Waals surface area contributed by atoms with E-state index in [2.05, 4.69) is 32.8 Å². The van der Waals surface area contributed by atoms with Gasteiger partial charge in [0.25, 0.3) is 0 Å². The van der Waals surface area contributed by atoms with Crippen LogP contribution in [0.3, 0.4) is 0 Å². The van der Waals surface area contributed by atoms with Crippen molar-refractivity contribution in [1.82, 2.24) is 10.2 Å². The molecule has 0 bridgehead atoms. The molecule has 0 aliphatic carbocycles. The number of halogens is 1. The Kier molecular flexibility index (Phi) is 4.32. The van der Waals surface area contributed by atoms with Crippen LogP contribution in [0.1, 0.15) is 16.1 Å². The Bertz CT molecular complexity index is 855. The molecule has 0 atom stereocenters. The first kappa shape index (κ1) is 14.6. The van der Waals surface area contributed by atoms with E-state index in [4.69, 9.17) is 17.0 Å². The molecule has 3 aromatic rings. The normalized spacial score (nSPS) is 10.7. The molecule has 4 nitrogen and oxygen atoms in total. The maximum Gasteiger partial charge on any atom is 0.360 e. The van der Waals surface area contributed by atoms with Gasteiger partial charge in [0.2, 0.25) is 0 Å². The average Bonchev–Trinajstić information content (AvgIpc) is 2.96. The molecule has 0 radical (unpaired) electrons. The van der Waals surface area contributed by atoms with Crippen LogP contribution in [0.15, 0.2) is 35.7 Å². The number of carbonyl (C=O) groups is 1. The zero-order chi connectivity index (χ0) is 14.8. The van der Waals surface area contributed by atoms with Crippen LogP contribution in [-0.2, 0) is 11.3 Å². The smallest absolute Gasteiger partial charge is 0.360 e. The second-order valence-electron chi connectivity index (χ2n) is 4.27. The van der Waals surface area contributed by atoms with Crippen LogP contribution in [-0.4, -0.2) is 16.2 Å². The molecule has 3 rings (SSSR count). The average molecular weight is 428 g/mol. The monoisotopic (exact) mass is 428 g/mol. The minimum Gasteiger partial charge on any atom is -0.456 e. The van der Waals surface area contributed by atoms with Gasteiger partial charge in [-0.05, 0) is 51.7 Å². The molecule has 21 heavy (non-hydrogen) atoms. The zero-order valence-corrected chi connectivity index (χ0v) is 14.4. The Morgan fingerprint density at radius 2 is 2.10 bits per heavy atom. The fourth-order valence-corrected chi connectivity index (χ4v) is 3.31. The highest BCUT2D eigenvalue weighted by molar-refractivity contribution is 14.1. The molecule has 0 unspecified atom stereocenters. The van der Waals surface area contributed by atoms with Crippen molar-refractivity contribution < 1.29 is 9.53 Å². The number of hydrogen-bond donors (Lipinski definition) is 1. The third kappa shape index (κ3) is 3.14. The zero-order valence-electron chi connectivity index (χ0n) is 10.6. The summed E-state index contributed by atoms with van der Waals surface area (Å²) in [6.45, 7) is 0.203. The molecular weight excluding hydrogens is 419 g/mol. The number of hydrogen-bond acceptors (Lipinski definition) is 5. The highest BCUT2D eigenvalue weighted by Gasteiger charge is 2.14. The molecule has 0 fully saturated rings. The van der Waals surface area contributed by atoms with E-state index in [1.165, 1.54) is 11.3 Å². The number of aromatic amines is 1. The summed E-state index contributed by atoms with van der Waals surface area (Å²) in [5, 5.41) is 8.73. The van der Waals surface area contributed by atoms with E-state index in [-0.39, 0.29) is 12.3 Å². The Hall–Kier alpha value is -1.32. The molecule has 0 saturated heterocycles. The van der Waals surface area contributed by atoms with Gasteiger partial charge in [0, 0.05) is 3.57 Å². The van der Waals surface area contributed by atoms with E-state index in [1.54, 1.807) is 0 Å². The fraction of sp³-hybridized carbons (Fsp3) is 0.0714. The molecule has 1 N–H and O–H groups in total. The second kappa shape index (κ2) is 6.20. The summed E-state index contributed by atoms with van der Waals surface area (Å²) >= 11 is 9.00. The van der Waals surface area contributed by atoms with Crippen LogP contribution in [0.2, 0.25) is 0 Å². The third-order valence-corrected chi connectivity index (χ3v) is 5.03. The number of nitrogens with one attached hydrogen (secondary N) is 1.